The Morgan fingerprint density at radius 1 is 1.11 bits per heavy atom. The van der Waals surface area contributed by atoms with Crippen molar-refractivity contribution in [3.63, 3.8) is 0 Å². The van der Waals surface area contributed by atoms with Crippen molar-refractivity contribution in [1.29, 1.82) is 0 Å². The molecule has 184 valence electrons. The Labute approximate surface area is 214 Å². The fourth-order valence-corrected chi connectivity index (χ4v) is 5.66. The first-order valence-electron chi connectivity index (χ1n) is 11.7. The molecular weight excluding hydrogens is 478 g/mol. The first-order valence-corrected chi connectivity index (χ1v) is 12.1. The zero-order chi connectivity index (χ0) is 25.2. The largest absolute Gasteiger partial charge is 0.504 e. The summed E-state index contributed by atoms with van der Waals surface area (Å²) < 4.78 is 23.5. The number of benzene rings is 3. The SMILES string of the molecule is COc1c(O)ccc2c1-c1ccc3c(c1C(=Cc1cc(Cl)cc4c1OCOC4)O2)C(C)=CC(C)(C)N3. The summed E-state index contributed by atoms with van der Waals surface area (Å²) in [4.78, 5) is 0. The van der Waals surface area contributed by atoms with Crippen molar-refractivity contribution in [2.24, 2.45) is 0 Å². The van der Waals surface area contributed by atoms with Crippen LogP contribution < -0.4 is 19.5 Å². The molecule has 3 aromatic carbocycles. The van der Waals surface area contributed by atoms with Gasteiger partial charge in [-0.05, 0) is 62.8 Å². The van der Waals surface area contributed by atoms with Gasteiger partial charge in [0.15, 0.2) is 18.3 Å². The van der Waals surface area contributed by atoms with Crippen LogP contribution in [0.1, 0.15) is 43.0 Å². The number of hydrogen-bond donors (Lipinski definition) is 2. The maximum absolute atomic E-state index is 10.6. The van der Waals surface area contributed by atoms with E-state index in [-0.39, 0.29) is 18.1 Å². The molecule has 0 bridgehead atoms. The van der Waals surface area contributed by atoms with Gasteiger partial charge in [0, 0.05) is 38.5 Å². The lowest BCUT2D eigenvalue weighted by Gasteiger charge is -2.35. The van der Waals surface area contributed by atoms with Crippen LogP contribution >= 0.6 is 11.6 Å². The second-order valence-electron chi connectivity index (χ2n) is 9.78. The summed E-state index contributed by atoms with van der Waals surface area (Å²) >= 11 is 6.46. The minimum Gasteiger partial charge on any atom is -0.504 e. The highest BCUT2D eigenvalue weighted by molar-refractivity contribution is 6.31. The fourth-order valence-electron chi connectivity index (χ4n) is 5.41. The summed E-state index contributed by atoms with van der Waals surface area (Å²) in [5.74, 6) is 2.40. The van der Waals surface area contributed by atoms with Crippen molar-refractivity contribution in [2.45, 2.75) is 32.9 Å². The second-order valence-corrected chi connectivity index (χ2v) is 10.2. The van der Waals surface area contributed by atoms with Gasteiger partial charge in [0.1, 0.15) is 17.3 Å². The van der Waals surface area contributed by atoms with E-state index < -0.39 is 0 Å². The van der Waals surface area contributed by atoms with Crippen LogP contribution in [-0.2, 0) is 11.3 Å². The number of phenolic OH excluding ortho intramolecular Hbond substituents is 1. The van der Waals surface area contributed by atoms with E-state index in [1.54, 1.807) is 19.2 Å². The highest BCUT2D eigenvalue weighted by Crippen LogP contribution is 2.54. The Bertz CT molecular complexity index is 1490. The van der Waals surface area contributed by atoms with Gasteiger partial charge >= 0.3 is 0 Å². The number of rotatable bonds is 2. The summed E-state index contributed by atoms with van der Waals surface area (Å²) in [5.41, 5.74) is 7.19. The van der Waals surface area contributed by atoms with Gasteiger partial charge in [0.2, 0.25) is 0 Å². The molecule has 0 amide bonds. The quantitative estimate of drug-likeness (QED) is 0.389. The molecule has 3 aliphatic heterocycles. The van der Waals surface area contributed by atoms with Crippen molar-refractivity contribution in [1.82, 2.24) is 0 Å². The van der Waals surface area contributed by atoms with E-state index in [0.29, 0.717) is 34.5 Å². The lowest BCUT2D eigenvalue weighted by Crippen LogP contribution is -2.32. The number of nitrogens with one attached hydrogen (secondary N) is 1. The number of halogens is 1. The molecule has 3 aromatic rings. The van der Waals surface area contributed by atoms with Crippen LogP contribution in [0.25, 0.3) is 28.5 Å². The zero-order valence-corrected chi connectivity index (χ0v) is 21.2. The van der Waals surface area contributed by atoms with Gasteiger partial charge in [-0.1, -0.05) is 23.7 Å². The first-order chi connectivity index (χ1) is 17.3. The third-order valence-electron chi connectivity index (χ3n) is 6.66. The minimum absolute atomic E-state index is 0.0554. The number of allylic oxidation sites excluding steroid dienone is 1. The molecule has 0 aliphatic carbocycles. The van der Waals surface area contributed by atoms with Gasteiger partial charge in [-0.15, -0.1) is 0 Å². The number of methoxy groups -OCH3 is 1. The number of phenols is 1. The van der Waals surface area contributed by atoms with Gasteiger partial charge < -0.3 is 29.4 Å². The predicted octanol–water partition coefficient (Wildman–Crippen LogP) is 7.09. The van der Waals surface area contributed by atoms with Crippen molar-refractivity contribution >= 4 is 34.7 Å². The molecule has 0 fully saturated rings. The highest BCUT2D eigenvalue weighted by atomic mass is 35.5. The van der Waals surface area contributed by atoms with Gasteiger partial charge in [-0.25, -0.2) is 0 Å². The summed E-state index contributed by atoms with van der Waals surface area (Å²) in [6, 6.07) is 11.2. The summed E-state index contributed by atoms with van der Waals surface area (Å²) in [6.07, 6.45) is 4.18. The molecule has 2 N–H and O–H groups in total. The van der Waals surface area contributed by atoms with Crippen LogP contribution in [0.4, 0.5) is 5.69 Å². The van der Waals surface area contributed by atoms with Crippen molar-refractivity contribution in [2.75, 3.05) is 19.2 Å². The van der Waals surface area contributed by atoms with Crippen LogP contribution in [0.3, 0.4) is 0 Å². The first kappa shape index (κ1) is 22.8. The van der Waals surface area contributed by atoms with Crippen LogP contribution in [0.15, 0.2) is 42.5 Å². The third-order valence-corrected chi connectivity index (χ3v) is 6.88. The third kappa shape index (κ3) is 3.60. The lowest BCUT2D eigenvalue weighted by atomic mass is 9.82. The number of aromatic hydroxyl groups is 1. The Hall–Kier alpha value is -3.61. The monoisotopic (exact) mass is 503 g/mol. The van der Waals surface area contributed by atoms with Gasteiger partial charge in [-0.3, -0.25) is 0 Å². The van der Waals surface area contributed by atoms with Gasteiger partial charge in [0.05, 0.1) is 24.8 Å². The van der Waals surface area contributed by atoms with Gasteiger partial charge in [0.25, 0.3) is 0 Å². The molecule has 0 atom stereocenters. The normalized spacial score (nSPS) is 17.9. The molecule has 0 unspecified atom stereocenters. The second kappa shape index (κ2) is 8.22. The zero-order valence-electron chi connectivity index (χ0n) is 20.5. The molecule has 3 aliphatic rings. The molecule has 6 rings (SSSR count). The molecule has 0 spiro atoms. The van der Waals surface area contributed by atoms with Crippen molar-refractivity contribution in [3.8, 4) is 34.1 Å². The van der Waals surface area contributed by atoms with E-state index in [1.165, 1.54) is 0 Å². The molecule has 3 heterocycles. The van der Waals surface area contributed by atoms with Crippen LogP contribution in [0.2, 0.25) is 5.02 Å². The maximum atomic E-state index is 10.6. The molecule has 0 aromatic heterocycles. The summed E-state index contributed by atoms with van der Waals surface area (Å²) in [5, 5.41) is 14.8. The predicted molar refractivity (Wildman–Crippen MR) is 142 cm³/mol. The Balaban J connectivity index is 1.66. The number of anilines is 1. The van der Waals surface area contributed by atoms with E-state index >= 15 is 0 Å². The fraction of sp³-hybridized carbons (Fsp3) is 0.241. The molecule has 0 saturated carbocycles. The van der Waals surface area contributed by atoms with E-state index in [9.17, 15) is 5.11 Å². The van der Waals surface area contributed by atoms with E-state index in [2.05, 4.69) is 38.2 Å². The van der Waals surface area contributed by atoms with Crippen LogP contribution in [-0.4, -0.2) is 24.5 Å². The maximum Gasteiger partial charge on any atom is 0.189 e. The number of ether oxygens (including phenoxy) is 4. The number of fused-ring (bicyclic) bond motifs is 6. The molecule has 7 heteroatoms. The Morgan fingerprint density at radius 2 is 1.94 bits per heavy atom. The van der Waals surface area contributed by atoms with E-state index in [0.717, 1.165) is 44.8 Å². The molecule has 6 nitrogen and oxygen atoms in total. The highest BCUT2D eigenvalue weighted by Gasteiger charge is 2.33. The average Bonchev–Trinajstić information content (AvgIpc) is 2.83. The van der Waals surface area contributed by atoms with Gasteiger partial charge in [-0.2, -0.15) is 0 Å². The standard InChI is InChI=1S/C29H26ClNO5/c1-15-12-29(2,3)31-20-6-5-19-25(24(15)20)23(36-22-8-7-21(32)28(33-4)26(19)22)11-16-9-18(30)10-17-13-34-14-35-27(16)17/h5-12,31-32H,13-14H2,1-4H3. The van der Waals surface area contributed by atoms with Crippen LogP contribution in [0, 0.1) is 0 Å². The topological polar surface area (TPSA) is 69.2 Å². The minimum atomic E-state index is -0.196. The van der Waals surface area contributed by atoms with E-state index in [4.69, 9.17) is 30.5 Å². The molecule has 36 heavy (non-hydrogen) atoms. The van der Waals surface area contributed by atoms with Crippen molar-refractivity contribution in [3.05, 3.63) is 69.8 Å². The summed E-state index contributed by atoms with van der Waals surface area (Å²) in [7, 11) is 1.55. The van der Waals surface area contributed by atoms with E-state index in [1.807, 2.05) is 24.3 Å². The van der Waals surface area contributed by atoms with Crippen LogP contribution in [0.5, 0.6) is 23.0 Å². The molecule has 0 radical (unpaired) electrons. The molecular formula is C29H26ClNO5. The Morgan fingerprint density at radius 3 is 2.75 bits per heavy atom. The average molecular weight is 504 g/mol. The summed E-state index contributed by atoms with van der Waals surface area (Å²) in [6.45, 7) is 6.99. The molecule has 0 saturated heterocycles. The van der Waals surface area contributed by atoms with Crippen molar-refractivity contribution < 1.29 is 24.1 Å². The lowest BCUT2D eigenvalue weighted by molar-refractivity contribution is -0.0165. The smallest absolute Gasteiger partial charge is 0.189 e. The Kier molecular flexibility index (Phi) is 5.21. The number of hydrogen-bond acceptors (Lipinski definition) is 6.